The molecule has 0 rings (SSSR count). The van der Waals surface area contributed by atoms with Gasteiger partial charge < -0.3 is 13.3 Å². The van der Waals surface area contributed by atoms with Gasteiger partial charge in [0.1, 0.15) is 0 Å². The monoisotopic (exact) mass is 256 g/mol. The average molecular weight is 256 g/mol. The van der Waals surface area contributed by atoms with E-state index in [0.717, 1.165) is 19.3 Å². The first kappa shape index (κ1) is 16.3. The zero-order chi connectivity index (χ0) is 13.0. The molecule has 0 fully saturated rings. The van der Waals surface area contributed by atoms with E-state index in [9.17, 15) is 0 Å². The molecule has 0 saturated carbocycles. The lowest BCUT2D eigenvalue weighted by atomic mass is 10.2. The first-order valence-corrected chi connectivity index (χ1v) is 7.74. The Balaban J connectivity index is 3.85. The Morgan fingerprint density at radius 2 is 1.47 bits per heavy atom. The topological polar surface area (TPSA) is 27.7 Å². The summed E-state index contributed by atoms with van der Waals surface area (Å²) in [6, 6.07) is 0.705. The van der Waals surface area contributed by atoms with E-state index in [1.54, 1.807) is 21.3 Å². The van der Waals surface area contributed by atoms with E-state index in [0.29, 0.717) is 6.04 Å². The molecule has 0 aliphatic carbocycles. The van der Waals surface area contributed by atoms with Gasteiger partial charge in [-0.3, -0.25) is 0 Å². The zero-order valence-electron chi connectivity index (χ0n) is 11.1. The Bertz CT molecular complexity index is 237. The number of hydrogen-bond donors (Lipinski definition) is 0. The maximum absolute atomic E-state index is 5.31. The zero-order valence-corrected chi connectivity index (χ0v) is 12.1. The van der Waals surface area contributed by atoms with Crippen molar-refractivity contribution >= 4 is 8.80 Å². The van der Waals surface area contributed by atoms with E-state index in [-0.39, 0.29) is 0 Å². The summed E-state index contributed by atoms with van der Waals surface area (Å²) in [5.74, 6) is 0. The highest BCUT2D eigenvalue weighted by Gasteiger charge is 2.35. The van der Waals surface area contributed by atoms with Crippen molar-refractivity contribution in [1.82, 2.24) is 0 Å². The fourth-order valence-electron chi connectivity index (χ4n) is 1.33. The lowest BCUT2D eigenvalue weighted by Crippen LogP contribution is -2.42. The van der Waals surface area contributed by atoms with Gasteiger partial charge in [0.15, 0.2) is 0 Å². The molecule has 0 aromatic rings. The second-order valence-corrected chi connectivity index (χ2v) is 6.54. The lowest BCUT2D eigenvalue weighted by Gasteiger charge is -2.22. The largest absolute Gasteiger partial charge is 0.504 e. The van der Waals surface area contributed by atoms with Crippen LogP contribution in [0.2, 0.25) is 6.04 Å². The molecule has 0 amide bonds. The summed E-state index contributed by atoms with van der Waals surface area (Å²) in [6.07, 6.45) is 13.4. The summed E-state index contributed by atoms with van der Waals surface area (Å²) in [6.45, 7) is 3.68. The molecule has 0 bridgehead atoms. The molecule has 0 heterocycles. The SMILES string of the molecule is C=CCCC=CCC=CC[Si](OC)(OC)OC. The Kier molecular flexibility index (Phi) is 10.0. The molecule has 98 valence electrons. The van der Waals surface area contributed by atoms with Crippen LogP contribution in [0.4, 0.5) is 0 Å². The molecule has 0 N–H and O–H groups in total. The predicted octanol–water partition coefficient (Wildman–Crippen LogP) is 3.33. The fourth-order valence-corrected chi connectivity index (χ4v) is 2.79. The number of allylic oxidation sites excluding steroid dienone is 5. The van der Waals surface area contributed by atoms with Gasteiger partial charge >= 0.3 is 8.80 Å². The lowest BCUT2D eigenvalue weighted by molar-refractivity contribution is 0.127. The van der Waals surface area contributed by atoms with Crippen molar-refractivity contribution in [3.63, 3.8) is 0 Å². The Morgan fingerprint density at radius 1 is 0.882 bits per heavy atom. The van der Waals surface area contributed by atoms with Gasteiger partial charge in [-0.25, -0.2) is 0 Å². The first-order chi connectivity index (χ1) is 8.24. The molecule has 0 aliphatic rings. The third kappa shape index (κ3) is 7.28. The molecule has 0 aliphatic heterocycles. The normalized spacial score (nSPS) is 12.6. The predicted molar refractivity (Wildman–Crippen MR) is 73.9 cm³/mol. The van der Waals surface area contributed by atoms with Crippen LogP contribution in [0.25, 0.3) is 0 Å². The second-order valence-electron chi connectivity index (χ2n) is 3.54. The summed E-state index contributed by atoms with van der Waals surface area (Å²) in [5.41, 5.74) is 0. The minimum Gasteiger partial charge on any atom is -0.377 e. The number of hydrogen-bond acceptors (Lipinski definition) is 3. The summed E-state index contributed by atoms with van der Waals surface area (Å²) >= 11 is 0. The number of rotatable bonds is 10. The van der Waals surface area contributed by atoms with Crippen LogP contribution in [0, 0.1) is 0 Å². The van der Waals surface area contributed by atoms with Crippen molar-refractivity contribution in [3.05, 3.63) is 37.0 Å². The van der Waals surface area contributed by atoms with E-state index in [4.69, 9.17) is 13.3 Å². The molecule has 0 radical (unpaired) electrons. The molecule has 0 aromatic heterocycles. The fraction of sp³-hybridized carbons (Fsp3) is 0.538. The molecular weight excluding hydrogens is 232 g/mol. The van der Waals surface area contributed by atoms with Crippen molar-refractivity contribution in [3.8, 4) is 0 Å². The quantitative estimate of drug-likeness (QED) is 0.341. The minimum atomic E-state index is -2.42. The van der Waals surface area contributed by atoms with Crippen LogP contribution < -0.4 is 0 Å². The molecule has 3 nitrogen and oxygen atoms in total. The van der Waals surface area contributed by atoms with Crippen molar-refractivity contribution in [2.75, 3.05) is 21.3 Å². The Hall–Kier alpha value is -0.683. The van der Waals surface area contributed by atoms with E-state index < -0.39 is 8.80 Å². The summed E-state index contributed by atoms with van der Waals surface area (Å²) in [7, 11) is 2.46. The average Bonchev–Trinajstić information content (AvgIpc) is 2.38. The van der Waals surface area contributed by atoms with E-state index in [1.807, 2.05) is 6.08 Å². The molecule has 0 spiro atoms. The van der Waals surface area contributed by atoms with E-state index >= 15 is 0 Å². The highest BCUT2D eigenvalue weighted by atomic mass is 28.4. The molecule has 0 unspecified atom stereocenters. The smallest absolute Gasteiger partial charge is 0.377 e. The van der Waals surface area contributed by atoms with Gasteiger partial charge in [-0.05, 0) is 19.3 Å². The van der Waals surface area contributed by atoms with Crippen LogP contribution >= 0.6 is 0 Å². The van der Waals surface area contributed by atoms with E-state index in [2.05, 4.69) is 30.9 Å². The van der Waals surface area contributed by atoms with Crippen molar-refractivity contribution in [1.29, 1.82) is 0 Å². The van der Waals surface area contributed by atoms with E-state index in [1.165, 1.54) is 0 Å². The molecule has 0 atom stereocenters. The van der Waals surface area contributed by atoms with Gasteiger partial charge in [-0.15, -0.1) is 6.58 Å². The third-order valence-electron chi connectivity index (χ3n) is 2.44. The number of unbranched alkanes of at least 4 members (excludes halogenated alkanes) is 1. The maximum Gasteiger partial charge on any atom is 0.504 e. The van der Waals surface area contributed by atoms with Crippen LogP contribution in [0.1, 0.15) is 19.3 Å². The van der Waals surface area contributed by atoms with Crippen molar-refractivity contribution in [2.24, 2.45) is 0 Å². The highest BCUT2D eigenvalue weighted by Crippen LogP contribution is 2.13. The van der Waals surface area contributed by atoms with Gasteiger partial charge in [0.2, 0.25) is 0 Å². The summed E-state index contributed by atoms with van der Waals surface area (Å²) in [5, 5.41) is 0. The summed E-state index contributed by atoms with van der Waals surface area (Å²) in [4.78, 5) is 0. The molecule has 17 heavy (non-hydrogen) atoms. The molecule has 4 heteroatoms. The van der Waals surface area contributed by atoms with Crippen LogP contribution in [0.15, 0.2) is 37.0 Å². The van der Waals surface area contributed by atoms with Crippen LogP contribution in [0.5, 0.6) is 0 Å². The van der Waals surface area contributed by atoms with Crippen molar-refractivity contribution in [2.45, 2.75) is 25.3 Å². The van der Waals surface area contributed by atoms with Crippen molar-refractivity contribution < 1.29 is 13.3 Å². The van der Waals surface area contributed by atoms with Gasteiger partial charge in [0.05, 0.1) is 0 Å². The van der Waals surface area contributed by atoms with Crippen LogP contribution in [0.3, 0.4) is 0 Å². The van der Waals surface area contributed by atoms with Crippen LogP contribution in [-0.2, 0) is 13.3 Å². The van der Waals surface area contributed by atoms with Gasteiger partial charge in [-0.2, -0.15) is 0 Å². The van der Waals surface area contributed by atoms with Gasteiger partial charge in [0, 0.05) is 27.4 Å². The molecular formula is C13H24O3Si. The summed E-state index contributed by atoms with van der Waals surface area (Å²) < 4.78 is 15.9. The third-order valence-corrected chi connectivity index (χ3v) is 5.05. The highest BCUT2D eigenvalue weighted by molar-refractivity contribution is 6.61. The molecule has 0 saturated heterocycles. The molecule has 0 aromatic carbocycles. The maximum atomic E-state index is 5.31. The second kappa shape index (κ2) is 10.5. The first-order valence-electron chi connectivity index (χ1n) is 5.81. The minimum absolute atomic E-state index is 0.705. The van der Waals surface area contributed by atoms with Gasteiger partial charge in [0.25, 0.3) is 0 Å². The standard InChI is InChI=1S/C13H24O3Si/c1-5-6-7-8-9-10-11-12-13-17(14-2,15-3)16-4/h5,8-9,11-12H,1,6-7,10,13H2,2-4H3. The Labute approximate surface area is 106 Å². The van der Waals surface area contributed by atoms with Gasteiger partial charge in [-0.1, -0.05) is 30.4 Å². The van der Waals surface area contributed by atoms with Crippen LogP contribution in [-0.4, -0.2) is 30.1 Å². The Morgan fingerprint density at radius 3 is 2.00 bits per heavy atom.